The van der Waals surface area contributed by atoms with E-state index in [4.69, 9.17) is 0 Å². The van der Waals surface area contributed by atoms with Crippen LogP contribution in [0.5, 0.6) is 0 Å². The summed E-state index contributed by atoms with van der Waals surface area (Å²) < 4.78 is 0. The Morgan fingerprint density at radius 1 is 1.29 bits per heavy atom. The zero-order valence-corrected chi connectivity index (χ0v) is 12.8. The van der Waals surface area contributed by atoms with Gasteiger partial charge in [-0.05, 0) is 31.9 Å². The van der Waals surface area contributed by atoms with Crippen molar-refractivity contribution in [3.8, 4) is 0 Å². The first-order valence-corrected chi connectivity index (χ1v) is 7.24. The topological polar surface area (TPSA) is 70.2 Å². The van der Waals surface area contributed by atoms with Crippen molar-refractivity contribution in [1.29, 1.82) is 0 Å². The van der Waals surface area contributed by atoms with E-state index in [1.54, 1.807) is 0 Å². The highest BCUT2D eigenvalue weighted by atomic mass is 16.2. The van der Waals surface area contributed by atoms with Crippen molar-refractivity contribution in [2.24, 2.45) is 0 Å². The number of fused-ring (bicyclic) bond motifs is 1. The van der Waals surface area contributed by atoms with Gasteiger partial charge in [0.1, 0.15) is 0 Å². The maximum Gasteiger partial charge on any atom is 0.239 e. The summed E-state index contributed by atoms with van der Waals surface area (Å²) in [4.78, 5) is 24.0. The maximum absolute atomic E-state index is 12.3. The molecular formula is C16H23N3O2. The normalized spacial score (nSPS) is 17.8. The molecular weight excluding hydrogens is 266 g/mol. The van der Waals surface area contributed by atoms with E-state index >= 15 is 0 Å². The van der Waals surface area contributed by atoms with Crippen molar-refractivity contribution in [3.63, 3.8) is 0 Å². The number of carbonyl (C=O) groups is 2. The first kappa shape index (κ1) is 15.5. The molecule has 1 heterocycles. The van der Waals surface area contributed by atoms with Crippen LogP contribution in [0.25, 0.3) is 0 Å². The van der Waals surface area contributed by atoms with E-state index in [9.17, 15) is 9.59 Å². The van der Waals surface area contributed by atoms with E-state index in [0.29, 0.717) is 6.54 Å². The van der Waals surface area contributed by atoms with E-state index in [-0.39, 0.29) is 29.8 Å². The molecule has 0 bridgehead atoms. The molecule has 1 aliphatic rings. The summed E-state index contributed by atoms with van der Waals surface area (Å²) in [7, 11) is 0. The van der Waals surface area contributed by atoms with Gasteiger partial charge in [0.25, 0.3) is 0 Å². The Balaban J connectivity index is 1.95. The van der Waals surface area contributed by atoms with Gasteiger partial charge in [0.05, 0.1) is 12.5 Å². The molecule has 2 amide bonds. The molecule has 1 aromatic rings. The minimum atomic E-state index is -0.291. The van der Waals surface area contributed by atoms with Gasteiger partial charge in [-0.1, -0.05) is 24.3 Å². The fraction of sp³-hybridized carbons (Fsp3) is 0.500. The van der Waals surface area contributed by atoms with Crippen LogP contribution in [0.15, 0.2) is 24.3 Å². The summed E-state index contributed by atoms with van der Waals surface area (Å²) in [5.74, 6) is -0.524. The van der Waals surface area contributed by atoms with Crippen molar-refractivity contribution in [2.75, 3.05) is 13.1 Å². The molecule has 2 rings (SSSR count). The van der Waals surface area contributed by atoms with Crippen LogP contribution < -0.4 is 16.0 Å². The zero-order chi connectivity index (χ0) is 15.5. The molecule has 1 aliphatic heterocycles. The lowest BCUT2D eigenvalue weighted by atomic mass is 9.90. The molecule has 1 aromatic carbocycles. The second kappa shape index (κ2) is 6.26. The number of carbonyl (C=O) groups excluding carboxylic acids is 2. The fourth-order valence-corrected chi connectivity index (χ4v) is 2.48. The second-order valence-corrected chi connectivity index (χ2v) is 6.40. The van der Waals surface area contributed by atoms with Gasteiger partial charge in [-0.15, -0.1) is 0 Å². The van der Waals surface area contributed by atoms with E-state index < -0.39 is 0 Å². The average Bonchev–Trinajstić information content (AvgIpc) is 2.42. The highest BCUT2D eigenvalue weighted by Crippen LogP contribution is 2.23. The Hall–Kier alpha value is -1.88. The summed E-state index contributed by atoms with van der Waals surface area (Å²) in [5, 5.41) is 8.79. The Bertz CT molecular complexity index is 535. The first-order chi connectivity index (χ1) is 9.87. The number of hydrogen-bond donors (Lipinski definition) is 3. The molecule has 21 heavy (non-hydrogen) atoms. The maximum atomic E-state index is 12.3. The van der Waals surface area contributed by atoms with Crippen molar-refractivity contribution >= 4 is 11.8 Å². The summed E-state index contributed by atoms with van der Waals surface area (Å²) in [5.41, 5.74) is 1.90. The minimum Gasteiger partial charge on any atom is -0.350 e. The highest BCUT2D eigenvalue weighted by Gasteiger charge is 2.26. The molecule has 0 aromatic heterocycles. The SMILES string of the molecule is CC(C)(C)NC(=O)CNC(=O)C1CNCc2ccccc21. The minimum absolute atomic E-state index is 0.00870. The third kappa shape index (κ3) is 4.29. The quantitative estimate of drug-likeness (QED) is 0.774. The van der Waals surface area contributed by atoms with Gasteiger partial charge in [-0.2, -0.15) is 0 Å². The monoisotopic (exact) mass is 289 g/mol. The highest BCUT2D eigenvalue weighted by molar-refractivity contribution is 5.89. The number of nitrogens with one attached hydrogen (secondary N) is 3. The molecule has 5 nitrogen and oxygen atoms in total. The van der Waals surface area contributed by atoms with Crippen LogP contribution in [-0.2, 0) is 16.1 Å². The predicted molar refractivity (Wildman–Crippen MR) is 81.8 cm³/mol. The molecule has 0 saturated heterocycles. The second-order valence-electron chi connectivity index (χ2n) is 6.40. The average molecular weight is 289 g/mol. The van der Waals surface area contributed by atoms with Crippen LogP contribution in [0.2, 0.25) is 0 Å². The van der Waals surface area contributed by atoms with Crippen molar-refractivity contribution in [3.05, 3.63) is 35.4 Å². The summed E-state index contributed by atoms with van der Waals surface area (Å²) in [6, 6.07) is 7.91. The number of benzene rings is 1. The van der Waals surface area contributed by atoms with Crippen LogP contribution in [0, 0.1) is 0 Å². The summed E-state index contributed by atoms with van der Waals surface area (Å²) >= 11 is 0. The fourth-order valence-electron chi connectivity index (χ4n) is 2.48. The lowest BCUT2D eigenvalue weighted by Gasteiger charge is -2.26. The van der Waals surface area contributed by atoms with Crippen LogP contribution in [0.3, 0.4) is 0 Å². The van der Waals surface area contributed by atoms with Gasteiger partial charge < -0.3 is 16.0 Å². The molecule has 114 valence electrons. The molecule has 0 saturated carbocycles. The van der Waals surface area contributed by atoms with Gasteiger partial charge in [-0.3, -0.25) is 9.59 Å². The molecule has 1 atom stereocenters. The van der Waals surface area contributed by atoms with E-state index in [1.807, 2.05) is 45.0 Å². The lowest BCUT2D eigenvalue weighted by molar-refractivity contribution is -0.127. The van der Waals surface area contributed by atoms with Crippen molar-refractivity contribution in [2.45, 2.75) is 38.8 Å². The molecule has 0 fully saturated rings. The van der Waals surface area contributed by atoms with Crippen LogP contribution in [0.4, 0.5) is 0 Å². The van der Waals surface area contributed by atoms with E-state index in [0.717, 1.165) is 17.7 Å². The molecule has 0 spiro atoms. The third-order valence-electron chi connectivity index (χ3n) is 3.35. The number of amides is 2. The van der Waals surface area contributed by atoms with Crippen molar-refractivity contribution < 1.29 is 9.59 Å². The van der Waals surface area contributed by atoms with E-state index in [1.165, 1.54) is 0 Å². The Morgan fingerprint density at radius 3 is 2.71 bits per heavy atom. The van der Waals surface area contributed by atoms with Gasteiger partial charge in [0, 0.05) is 18.6 Å². The molecule has 5 heteroatoms. The molecule has 1 unspecified atom stereocenters. The van der Waals surface area contributed by atoms with Crippen molar-refractivity contribution in [1.82, 2.24) is 16.0 Å². The molecule has 0 aliphatic carbocycles. The van der Waals surface area contributed by atoms with Crippen LogP contribution in [0.1, 0.15) is 37.8 Å². The molecule has 3 N–H and O–H groups in total. The third-order valence-corrected chi connectivity index (χ3v) is 3.35. The van der Waals surface area contributed by atoms with Crippen LogP contribution in [-0.4, -0.2) is 30.4 Å². The lowest BCUT2D eigenvalue weighted by Crippen LogP contribution is -2.47. The number of rotatable bonds is 3. The predicted octanol–water partition coefficient (Wildman–Crippen LogP) is 0.904. The van der Waals surface area contributed by atoms with Gasteiger partial charge in [0.2, 0.25) is 11.8 Å². The molecule has 0 radical (unpaired) electrons. The Kier molecular flexibility index (Phi) is 4.63. The number of hydrogen-bond acceptors (Lipinski definition) is 3. The summed E-state index contributed by atoms with van der Waals surface area (Å²) in [6.45, 7) is 7.12. The smallest absolute Gasteiger partial charge is 0.239 e. The Morgan fingerprint density at radius 2 is 2.00 bits per heavy atom. The largest absolute Gasteiger partial charge is 0.350 e. The van der Waals surface area contributed by atoms with E-state index in [2.05, 4.69) is 16.0 Å². The van der Waals surface area contributed by atoms with Crippen LogP contribution >= 0.6 is 0 Å². The van der Waals surface area contributed by atoms with Gasteiger partial charge >= 0.3 is 0 Å². The first-order valence-electron chi connectivity index (χ1n) is 7.24. The van der Waals surface area contributed by atoms with Gasteiger partial charge in [0.15, 0.2) is 0 Å². The zero-order valence-electron chi connectivity index (χ0n) is 12.8. The standard InChI is InChI=1S/C16H23N3O2/c1-16(2,3)19-14(20)10-18-15(21)13-9-17-8-11-6-4-5-7-12(11)13/h4-7,13,17H,8-10H2,1-3H3,(H,18,21)(H,19,20). The summed E-state index contributed by atoms with van der Waals surface area (Å²) in [6.07, 6.45) is 0. The van der Waals surface area contributed by atoms with Gasteiger partial charge in [-0.25, -0.2) is 0 Å². The Labute approximate surface area is 125 Å².